The number of benzene rings is 3. The predicted molar refractivity (Wildman–Crippen MR) is 138 cm³/mol. The summed E-state index contributed by atoms with van der Waals surface area (Å²) in [6.07, 6.45) is 0.316. The highest BCUT2D eigenvalue weighted by Gasteiger charge is 2.43. The molecule has 7 nitrogen and oxygen atoms in total. The number of rotatable bonds is 9. The molecule has 1 unspecified atom stereocenters. The smallest absolute Gasteiger partial charge is 0.326 e. The topological polar surface area (TPSA) is 97.2 Å². The van der Waals surface area contributed by atoms with Gasteiger partial charge in [0.1, 0.15) is 18.4 Å². The number of oxime groups is 1. The maximum Gasteiger partial charge on any atom is 0.326 e. The first-order valence-electron chi connectivity index (χ1n) is 11.2. The van der Waals surface area contributed by atoms with Crippen molar-refractivity contribution in [2.24, 2.45) is 5.16 Å². The van der Waals surface area contributed by atoms with Crippen LogP contribution in [-0.4, -0.2) is 34.3 Å². The molecule has 0 radical (unpaired) electrons. The monoisotopic (exact) mass is 526 g/mol. The van der Waals surface area contributed by atoms with Crippen LogP contribution in [0.25, 0.3) is 0 Å². The van der Waals surface area contributed by atoms with Crippen LogP contribution >= 0.6 is 23.2 Å². The van der Waals surface area contributed by atoms with Gasteiger partial charge in [0.05, 0.1) is 5.71 Å². The summed E-state index contributed by atoms with van der Waals surface area (Å²) in [5.41, 5.74) is 1.58. The molecule has 3 aromatic carbocycles. The molecular weight excluding hydrogens is 503 g/mol. The second-order valence-electron chi connectivity index (χ2n) is 8.60. The Hall–Kier alpha value is -3.55. The highest BCUT2D eigenvalue weighted by atomic mass is 35.5. The van der Waals surface area contributed by atoms with Crippen LogP contribution in [0.2, 0.25) is 10.0 Å². The Bertz CT molecular complexity index is 1260. The number of carboxylic acid groups (broad SMARTS) is 1. The highest BCUT2D eigenvalue weighted by molar-refractivity contribution is 6.35. The molecule has 1 heterocycles. The van der Waals surface area contributed by atoms with Crippen molar-refractivity contribution in [3.8, 4) is 5.75 Å². The van der Waals surface area contributed by atoms with Gasteiger partial charge in [-0.05, 0) is 42.3 Å². The molecule has 0 aliphatic carbocycles. The van der Waals surface area contributed by atoms with E-state index in [4.69, 9.17) is 32.8 Å². The van der Waals surface area contributed by atoms with Crippen LogP contribution in [0.5, 0.6) is 5.75 Å². The molecule has 1 aliphatic rings. The molecule has 2 N–H and O–H groups in total. The summed E-state index contributed by atoms with van der Waals surface area (Å²) in [5, 5.41) is 17.4. The van der Waals surface area contributed by atoms with Crippen molar-refractivity contribution in [3.05, 3.63) is 99.5 Å². The fourth-order valence-electron chi connectivity index (χ4n) is 3.74. The lowest BCUT2D eigenvalue weighted by molar-refractivity contribution is -0.148. The van der Waals surface area contributed by atoms with Crippen molar-refractivity contribution < 1.29 is 24.3 Å². The third-order valence-corrected chi connectivity index (χ3v) is 6.57. The first-order chi connectivity index (χ1) is 17.2. The molecule has 0 saturated heterocycles. The molecular formula is C27H24Cl2N2O5. The van der Waals surface area contributed by atoms with E-state index in [1.165, 1.54) is 0 Å². The molecule has 1 aliphatic heterocycles. The quantitative estimate of drug-likeness (QED) is 0.396. The molecule has 2 atom stereocenters. The summed E-state index contributed by atoms with van der Waals surface area (Å²) < 4.78 is 5.77. The summed E-state index contributed by atoms with van der Waals surface area (Å²) in [6.45, 7) is 1.79. The van der Waals surface area contributed by atoms with E-state index in [-0.39, 0.29) is 19.4 Å². The molecule has 9 heteroatoms. The van der Waals surface area contributed by atoms with Crippen LogP contribution in [0, 0.1) is 0 Å². The standard InChI is InChI=1S/C27H24Cl2N2O5/c1-27(15-24(31-36-27)18-6-3-2-4-7-18)26(34)30-23(25(32)33)14-17-10-12-19(13-11-17)35-16-20-21(28)8-5-9-22(20)29/h2-13,23H,14-16H2,1H3,(H,30,34)(H,32,33)/t23?,27-/m0/s1. The summed E-state index contributed by atoms with van der Waals surface area (Å²) >= 11 is 12.3. The zero-order valence-corrected chi connectivity index (χ0v) is 20.9. The van der Waals surface area contributed by atoms with Gasteiger partial charge in [-0.15, -0.1) is 0 Å². The molecule has 0 saturated carbocycles. The minimum atomic E-state index is -1.30. The third-order valence-electron chi connectivity index (χ3n) is 5.86. The molecule has 3 aromatic rings. The Kier molecular flexibility index (Phi) is 7.82. The first-order valence-corrected chi connectivity index (χ1v) is 12.0. The lowest BCUT2D eigenvalue weighted by atomic mass is 9.94. The van der Waals surface area contributed by atoms with E-state index >= 15 is 0 Å². The average Bonchev–Trinajstić information content (AvgIpc) is 3.28. The van der Waals surface area contributed by atoms with Gasteiger partial charge in [0.2, 0.25) is 5.60 Å². The van der Waals surface area contributed by atoms with Crippen molar-refractivity contribution in [2.75, 3.05) is 0 Å². The Morgan fingerprint density at radius 3 is 2.36 bits per heavy atom. The molecule has 4 rings (SSSR count). The maximum absolute atomic E-state index is 13.0. The summed E-state index contributed by atoms with van der Waals surface area (Å²) in [6, 6.07) is 20.4. The lowest BCUT2D eigenvalue weighted by Gasteiger charge is -2.23. The van der Waals surface area contributed by atoms with Gasteiger partial charge in [-0.25, -0.2) is 4.79 Å². The minimum Gasteiger partial charge on any atom is -0.489 e. The van der Waals surface area contributed by atoms with Crippen molar-refractivity contribution in [1.29, 1.82) is 0 Å². The predicted octanol–water partition coefficient (Wildman–Crippen LogP) is 5.27. The normalized spacial score (nSPS) is 17.6. The van der Waals surface area contributed by atoms with Gasteiger partial charge in [-0.1, -0.05) is 76.9 Å². The number of hydrogen-bond acceptors (Lipinski definition) is 5. The van der Waals surface area contributed by atoms with E-state index in [0.29, 0.717) is 32.6 Å². The fraction of sp³-hybridized carbons (Fsp3) is 0.222. The van der Waals surface area contributed by atoms with E-state index in [1.807, 2.05) is 30.3 Å². The number of nitrogens with zero attached hydrogens (tertiary/aromatic N) is 1. The number of carbonyl (C=O) groups excluding carboxylic acids is 1. The van der Waals surface area contributed by atoms with Crippen molar-refractivity contribution in [3.63, 3.8) is 0 Å². The van der Waals surface area contributed by atoms with Gasteiger partial charge in [0.25, 0.3) is 5.91 Å². The van der Waals surface area contributed by atoms with Crippen LogP contribution < -0.4 is 10.1 Å². The van der Waals surface area contributed by atoms with Gasteiger partial charge in [-0.3, -0.25) is 4.79 Å². The second kappa shape index (κ2) is 11.0. The van der Waals surface area contributed by atoms with Crippen LogP contribution in [-0.2, 0) is 27.5 Å². The molecule has 1 amide bonds. The number of hydrogen-bond donors (Lipinski definition) is 2. The fourth-order valence-corrected chi connectivity index (χ4v) is 4.25. The molecule has 0 fully saturated rings. The van der Waals surface area contributed by atoms with Gasteiger partial charge in [0.15, 0.2) is 0 Å². The van der Waals surface area contributed by atoms with Gasteiger partial charge >= 0.3 is 5.97 Å². The largest absolute Gasteiger partial charge is 0.489 e. The van der Waals surface area contributed by atoms with Gasteiger partial charge in [0, 0.05) is 28.5 Å². The number of carbonyl (C=O) groups is 2. The van der Waals surface area contributed by atoms with E-state index < -0.39 is 23.5 Å². The van der Waals surface area contributed by atoms with Crippen LogP contribution in [0.15, 0.2) is 78.0 Å². The van der Waals surface area contributed by atoms with Gasteiger partial charge in [-0.2, -0.15) is 0 Å². The zero-order chi connectivity index (χ0) is 25.7. The summed E-state index contributed by atoms with van der Waals surface area (Å²) in [5.74, 6) is -1.12. The van der Waals surface area contributed by atoms with Gasteiger partial charge < -0.3 is 20.0 Å². The Morgan fingerprint density at radius 2 is 1.72 bits per heavy atom. The third kappa shape index (κ3) is 5.98. The molecule has 186 valence electrons. The van der Waals surface area contributed by atoms with Crippen molar-refractivity contribution in [2.45, 2.75) is 38.0 Å². The van der Waals surface area contributed by atoms with E-state index in [9.17, 15) is 14.7 Å². The highest BCUT2D eigenvalue weighted by Crippen LogP contribution is 2.28. The molecule has 0 aromatic heterocycles. The van der Waals surface area contributed by atoms with Crippen LogP contribution in [0.4, 0.5) is 0 Å². The summed E-state index contributed by atoms with van der Waals surface area (Å²) in [4.78, 5) is 30.3. The Balaban J connectivity index is 1.35. The number of aliphatic carboxylic acids is 1. The molecule has 0 bridgehead atoms. The van der Waals surface area contributed by atoms with Crippen molar-refractivity contribution >= 4 is 40.8 Å². The van der Waals surface area contributed by atoms with E-state index in [1.54, 1.807) is 49.4 Å². The Labute approximate surface area is 218 Å². The molecule has 36 heavy (non-hydrogen) atoms. The molecule has 0 spiro atoms. The number of nitrogens with one attached hydrogen (secondary N) is 1. The second-order valence-corrected chi connectivity index (χ2v) is 9.42. The zero-order valence-electron chi connectivity index (χ0n) is 19.4. The SMILES string of the molecule is C[C@@]1(C(=O)NC(Cc2ccc(OCc3c(Cl)cccc3Cl)cc2)C(=O)O)CC(c2ccccc2)=NO1. The lowest BCUT2D eigenvalue weighted by Crippen LogP contribution is -2.51. The number of ether oxygens (including phenoxy) is 1. The Morgan fingerprint density at radius 1 is 1.06 bits per heavy atom. The minimum absolute atomic E-state index is 0.0835. The van der Waals surface area contributed by atoms with E-state index in [0.717, 1.165) is 5.56 Å². The van der Waals surface area contributed by atoms with E-state index in [2.05, 4.69) is 10.5 Å². The first kappa shape index (κ1) is 25.5. The van der Waals surface area contributed by atoms with Crippen LogP contribution in [0.1, 0.15) is 30.0 Å². The summed E-state index contributed by atoms with van der Waals surface area (Å²) in [7, 11) is 0. The number of carboxylic acids is 1. The number of amides is 1. The maximum atomic E-state index is 13.0. The number of halogens is 2. The average molecular weight is 527 g/mol. The van der Waals surface area contributed by atoms with Crippen LogP contribution in [0.3, 0.4) is 0 Å². The van der Waals surface area contributed by atoms with Crippen molar-refractivity contribution in [1.82, 2.24) is 5.32 Å².